The van der Waals surface area contributed by atoms with Crippen LogP contribution in [-0.2, 0) is 0 Å². The van der Waals surface area contributed by atoms with Gasteiger partial charge in [0.2, 0.25) is 0 Å². The van der Waals surface area contributed by atoms with E-state index in [-0.39, 0.29) is 11.7 Å². The van der Waals surface area contributed by atoms with Gasteiger partial charge in [-0.05, 0) is 61.4 Å². The number of nitrogen functional groups attached to an aromatic ring is 1. The number of nitrogens with two attached hydrogens (primary N) is 1. The molecule has 0 bridgehead atoms. The van der Waals surface area contributed by atoms with E-state index in [1.54, 1.807) is 37.3 Å². The normalized spacial score (nSPS) is 10.2. The average Bonchev–Trinajstić information content (AvgIpc) is 2.36. The molecule has 0 saturated heterocycles. The van der Waals surface area contributed by atoms with E-state index in [2.05, 4.69) is 5.32 Å². The lowest BCUT2D eigenvalue weighted by Crippen LogP contribution is -2.13. The van der Waals surface area contributed by atoms with Gasteiger partial charge in [-0.15, -0.1) is 0 Å². The molecule has 0 spiro atoms. The summed E-state index contributed by atoms with van der Waals surface area (Å²) in [5.74, 6) is -0.0313. The second-order valence-corrected chi connectivity index (χ2v) is 4.53. The van der Waals surface area contributed by atoms with Gasteiger partial charge in [-0.3, -0.25) is 4.79 Å². The zero-order chi connectivity index (χ0) is 14.0. The van der Waals surface area contributed by atoms with Gasteiger partial charge < -0.3 is 16.2 Å². The molecule has 2 aromatic rings. The van der Waals surface area contributed by atoms with Crippen molar-refractivity contribution in [2.24, 2.45) is 0 Å². The molecule has 0 saturated carbocycles. The van der Waals surface area contributed by atoms with E-state index in [1.807, 2.05) is 6.92 Å². The Bertz CT molecular complexity index is 636. The van der Waals surface area contributed by atoms with Crippen LogP contribution >= 0.6 is 0 Å². The lowest BCUT2D eigenvalue weighted by atomic mass is 10.1. The number of hydrogen-bond donors (Lipinski definition) is 3. The number of phenols is 1. The third-order valence-corrected chi connectivity index (χ3v) is 2.96. The second kappa shape index (κ2) is 5.02. The Labute approximate surface area is 111 Å². The lowest BCUT2D eigenvalue weighted by molar-refractivity contribution is 0.102. The Kier molecular flexibility index (Phi) is 3.42. The maximum absolute atomic E-state index is 12.1. The van der Waals surface area contributed by atoms with Crippen LogP contribution in [0.1, 0.15) is 21.5 Å². The molecule has 98 valence electrons. The lowest BCUT2D eigenvalue weighted by Gasteiger charge is -2.09. The van der Waals surface area contributed by atoms with Crippen molar-refractivity contribution in [3.05, 3.63) is 53.1 Å². The molecule has 0 aliphatic rings. The molecule has 0 unspecified atom stereocenters. The van der Waals surface area contributed by atoms with E-state index < -0.39 is 0 Å². The van der Waals surface area contributed by atoms with Gasteiger partial charge >= 0.3 is 0 Å². The summed E-state index contributed by atoms with van der Waals surface area (Å²) in [5.41, 5.74) is 9.14. The molecule has 4 nitrogen and oxygen atoms in total. The molecule has 0 aromatic heterocycles. The highest BCUT2D eigenvalue weighted by Gasteiger charge is 2.09. The van der Waals surface area contributed by atoms with Crippen LogP contribution in [0.4, 0.5) is 11.4 Å². The van der Waals surface area contributed by atoms with E-state index in [0.29, 0.717) is 16.8 Å². The first-order valence-electron chi connectivity index (χ1n) is 5.94. The number of carbonyl (C=O) groups is 1. The molecule has 0 aliphatic carbocycles. The van der Waals surface area contributed by atoms with E-state index in [1.165, 1.54) is 6.07 Å². The first-order valence-corrected chi connectivity index (χ1v) is 5.94. The molecule has 0 aliphatic heterocycles. The Morgan fingerprint density at radius 2 is 1.84 bits per heavy atom. The van der Waals surface area contributed by atoms with Crippen molar-refractivity contribution in [2.75, 3.05) is 11.1 Å². The summed E-state index contributed by atoms with van der Waals surface area (Å²) in [4.78, 5) is 12.1. The highest BCUT2D eigenvalue weighted by atomic mass is 16.3. The number of benzene rings is 2. The largest absolute Gasteiger partial charge is 0.508 e. The highest BCUT2D eigenvalue weighted by molar-refractivity contribution is 6.04. The van der Waals surface area contributed by atoms with E-state index >= 15 is 0 Å². The third-order valence-electron chi connectivity index (χ3n) is 2.96. The summed E-state index contributed by atoms with van der Waals surface area (Å²) in [6, 6.07) is 10.1. The molecule has 0 atom stereocenters. The SMILES string of the molecule is Cc1cc(C(=O)Nc2ccc(N)cc2C)ccc1O. The predicted octanol–water partition coefficient (Wildman–Crippen LogP) is 2.84. The van der Waals surface area contributed by atoms with Crippen LogP contribution in [-0.4, -0.2) is 11.0 Å². The van der Waals surface area contributed by atoms with Gasteiger partial charge in [0.05, 0.1) is 0 Å². The Hall–Kier alpha value is -2.49. The predicted molar refractivity (Wildman–Crippen MR) is 76.4 cm³/mol. The van der Waals surface area contributed by atoms with Gasteiger partial charge in [-0.1, -0.05) is 0 Å². The first kappa shape index (κ1) is 13.0. The molecular formula is C15H16N2O2. The van der Waals surface area contributed by atoms with Crippen molar-refractivity contribution in [2.45, 2.75) is 13.8 Å². The Balaban J connectivity index is 2.23. The van der Waals surface area contributed by atoms with Crippen LogP contribution in [0.15, 0.2) is 36.4 Å². The molecule has 2 aromatic carbocycles. The maximum Gasteiger partial charge on any atom is 0.255 e. The van der Waals surface area contributed by atoms with Gasteiger partial charge in [0.15, 0.2) is 0 Å². The van der Waals surface area contributed by atoms with Crippen LogP contribution in [0.3, 0.4) is 0 Å². The number of anilines is 2. The van der Waals surface area contributed by atoms with Gasteiger partial charge in [-0.25, -0.2) is 0 Å². The van der Waals surface area contributed by atoms with E-state index in [9.17, 15) is 9.90 Å². The summed E-state index contributed by atoms with van der Waals surface area (Å²) >= 11 is 0. The molecule has 0 radical (unpaired) electrons. The van der Waals surface area contributed by atoms with Crippen LogP contribution in [0, 0.1) is 13.8 Å². The molecule has 4 heteroatoms. The zero-order valence-corrected chi connectivity index (χ0v) is 10.9. The van der Waals surface area contributed by atoms with E-state index in [4.69, 9.17) is 5.73 Å². The molecule has 19 heavy (non-hydrogen) atoms. The number of rotatable bonds is 2. The van der Waals surface area contributed by atoms with Gasteiger partial charge in [-0.2, -0.15) is 0 Å². The quantitative estimate of drug-likeness (QED) is 0.723. The average molecular weight is 256 g/mol. The number of carbonyl (C=O) groups excluding carboxylic acids is 1. The summed E-state index contributed by atoms with van der Waals surface area (Å²) in [6.07, 6.45) is 0. The minimum absolute atomic E-state index is 0.181. The number of aryl methyl sites for hydroxylation is 2. The van der Waals surface area contributed by atoms with Crippen molar-refractivity contribution in [1.29, 1.82) is 0 Å². The topological polar surface area (TPSA) is 75.4 Å². The smallest absolute Gasteiger partial charge is 0.255 e. The van der Waals surface area contributed by atoms with Crippen LogP contribution < -0.4 is 11.1 Å². The zero-order valence-electron chi connectivity index (χ0n) is 10.9. The molecule has 0 heterocycles. The monoisotopic (exact) mass is 256 g/mol. The van der Waals surface area contributed by atoms with Gasteiger partial charge in [0.25, 0.3) is 5.91 Å². The summed E-state index contributed by atoms with van der Waals surface area (Å²) in [6.45, 7) is 3.63. The fourth-order valence-corrected chi connectivity index (χ4v) is 1.82. The Morgan fingerprint density at radius 3 is 2.47 bits per heavy atom. The van der Waals surface area contributed by atoms with E-state index in [0.717, 1.165) is 11.3 Å². The van der Waals surface area contributed by atoms with Crippen molar-refractivity contribution in [1.82, 2.24) is 0 Å². The number of amides is 1. The first-order chi connectivity index (χ1) is 8.97. The molecule has 0 fully saturated rings. The number of nitrogens with one attached hydrogen (secondary N) is 1. The van der Waals surface area contributed by atoms with Crippen LogP contribution in [0.25, 0.3) is 0 Å². The molecule has 2 rings (SSSR count). The standard InChI is InChI=1S/C15H16N2O2/c1-9-8-12(16)4-5-13(9)17-15(19)11-3-6-14(18)10(2)7-11/h3-8,18H,16H2,1-2H3,(H,17,19). The summed E-state index contributed by atoms with van der Waals surface area (Å²) in [5, 5.41) is 12.3. The summed E-state index contributed by atoms with van der Waals surface area (Å²) < 4.78 is 0. The van der Waals surface area contributed by atoms with Crippen molar-refractivity contribution < 1.29 is 9.90 Å². The minimum atomic E-state index is -0.212. The molecule has 1 amide bonds. The highest BCUT2D eigenvalue weighted by Crippen LogP contribution is 2.20. The van der Waals surface area contributed by atoms with Crippen LogP contribution in [0.2, 0.25) is 0 Å². The number of hydrogen-bond acceptors (Lipinski definition) is 3. The molecule has 4 N–H and O–H groups in total. The third kappa shape index (κ3) is 2.85. The van der Waals surface area contributed by atoms with Gasteiger partial charge in [0, 0.05) is 16.9 Å². The summed E-state index contributed by atoms with van der Waals surface area (Å²) in [7, 11) is 0. The molecular weight excluding hydrogens is 240 g/mol. The minimum Gasteiger partial charge on any atom is -0.508 e. The van der Waals surface area contributed by atoms with Crippen molar-refractivity contribution in [3.8, 4) is 5.75 Å². The van der Waals surface area contributed by atoms with Gasteiger partial charge in [0.1, 0.15) is 5.75 Å². The van der Waals surface area contributed by atoms with Crippen LogP contribution in [0.5, 0.6) is 5.75 Å². The number of phenolic OH excluding ortho intramolecular Hbond substituents is 1. The van der Waals surface area contributed by atoms with Crippen molar-refractivity contribution in [3.63, 3.8) is 0 Å². The fourth-order valence-electron chi connectivity index (χ4n) is 1.82. The Morgan fingerprint density at radius 1 is 1.11 bits per heavy atom. The number of aromatic hydroxyl groups is 1. The van der Waals surface area contributed by atoms with Crippen molar-refractivity contribution >= 4 is 17.3 Å². The fraction of sp³-hybridized carbons (Fsp3) is 0.133. The second-order valence-electron chi connectivity index (χ2n) is 4.53. The maximum atomic E-state index is 12.1.